The Bertz CT molecular complexity index is 1050. The van der Waals surface area contributed by atoms with Crippen LogP contribution in [0.2, 0.25) is 0 Å². The minimum atomic E-state index is -4.54. The molecule has 0 radical (unpaired) electrons. The van der Waals surface area contributed by atoms with Gasteiger partial charge in [0.25, 0.3) is 11.8 Å². The molecular weight excluding hydrogens is 449 g/mol. The number of benzene rings is 2. The van der Waals surface area contributed by atoms with Crippen molar-refractivity contribution in [2.45, 2.75) is 19.0 Å². The van der Waals surface area contributed by atoms with Crippen molar-refractivity contribution >= 4 is 23.4 Å². The van der Waals surface area contributed by atoms with Gasteiger partial charge in [0, 0.05) is 36.3 Å². The standard InChI is InChI=1S/C22H20F5N3O3/c23-15-4-5-17(18(24)11-15)21(33)30-8-6-13(7-9-30)20(32)29-16-3-1-2-14(10-16)19(31)28-12-22(25,26)27/h1-5,10-11,13H,6-9,12H2,(H,28,31)(H,29,32). The second-order valence-electron chi connectivity index (χ2n) is 7.56. The van der Waals surface area contributed by atoms with Gasteiger partial charge in [-0.25, -0.2) is 8.78 Å². The molecule has 0 aromatic heterocycles. The summed E-state index contributed by atoms with van der Waals surface area (Å²) in [7, 11) is 0. The number of likely N-dealkylation sites (tertiary alicyclic amines) is 1. The monoisotopic (exact) mass is 469 g/mol. The lowest BCUT2D eigenvalue weighted by atomic mass is 9.95. The zero-order valence-electron chi connectivity index (χ0n) is 17.2. The molecule has 1 aliphatic rings. The molecular formula is C22H20F5N3O3. The third-order valence-electron chi connectivity index (χ3n) is 5.16. The van der Waals surface area contributed by atoms with Crippen LogP contribution in [0.15, 0.2) is 42.5 Å². The summed E-state index contributed by atoms with van der Waals surface area (Å²) in [5.74, 6) is -4.11. The fourth-order valence-corrected chi connectivity index (χ4v) is 3.44. The van der Waals surface area contributed by atoms with Gasteiger partial charge in [-0.2, -0.15) is 13.2 Å². The third-order valence-corrected chi connectivity index (χ3v) is 5.16. The van der Waals surface area contributed by atoms with Crippen molar-refractivity contribution in [3.63, 3.8) is 0 Å². The number of piperidine rings is 1. The van der Waals surface area contributed by atoms with E-state index in [1.54, 1.807) is 5.32 Å². The topological polar surface area (TPSA) is 78.5 Å². The quantitative estimate of drug-likeness (QED) is 0.655. The Kier molecular flexibility index (Phi) is 7.29. The third kappa shape index (κ3) is 6.50. The van der Waals surface area contributed by atoms with E-state index in [0.29, 0.717) is 18.9 Å². The van der Waals surface area contributed by atoms with Gasteiger partial charge in [-0.3, -0.25) is 14.4 Å². The highest BCUT2D eigenvalue weighted by Crippen LogP contribution is 2.22. The van der Waals surface area contributed by atoms with Crippen molar-refractivity contribution in [2.24, 2.45) is 5.92 Å². The maximum absolute atomic E-state index is 13.9. The van der Waals surface area contributed by atoms with Gasteiger partial charge < -0.3 is 15.5 Å². The molecule has 0 bridgehead atoms. The van der Waals surface area contributed by atoms with Gasteiger partial charge in [-0.05, 0) is 43.2 Å². The van der Waals surface area contributed by atoms with Crippen LogP contribution in [0.5, 0.6) is 0 Å². The van der Waals surface area contributed by atoms with Crippen LogP contribution in [-0.2, 0) is 4.79 Å². The van der Waals surface area contributed by atoms with Gasteiger partial charge in [-0.1, -0.05) is 6.07 Å². The number of carbonyl (C=O) groups is 3. The van der Waals surface area contributed by atoms with E-state index in [0.717, 1.165) is 12.1 Å². The number of anilines is 1. The molecule has 0 aliphatic carbocycles. The Balaban J connectivity index is 1.55. The van der Waals surface area contributed by atoms with Crippen molar-refractivity contribution in [1.82, 2.24) is 10.2 Å². The molecule has 3 rings (SSSR count). The average molecular weight is 469 g/mol. The Labute approximate surface area is 185 Å². The first kappa shape index (κ1) is 24.1. The largest absolute Gasteiger partial charge is 0.405 e. The molecule has 0 unspecified atom stereocenters. The van der Waals surface area contributed by atoms with E-state index in [9.17, 15) is 36.3 Å². The van der Waals surface area contributed by atoms with Crippen molar-refractivity contribution < 1.29 is 36.3 Å². The molecule has 0 saturated carbocycles. The first-order valence-electron chi connectivity index (χ1n) is 10.0. The predicted molar refractivity (Wildman–Crippen MR) is 108 cm³/mol. The molecule has 1 heterocycles. The number of alkyl halides is 3. The number of amides is 3. The molecule has 2 aromatic rings. The average Bonchev–Trinajstić information content (AvgIpc) is 2.77. The normalized spacial score (nSPS) is 14.6. The summed E-state index contributed by atoms with van der Waals surface area (Å²) >= 11 is 0. The fourth-order valence-electron chi connectivity index (χ4n) is 3.44. The minimum Gasteiger partial charge on any atom is -0.343 e. The molecule has 3 amide bonds. The lowest BCUT2D eigenvalue weighted by Crippen LogP contribution is -2.41. The van der Waals surface area contributed by atoms with Gasteiger partial charge in [-0.15, -0.1) is 0 Å². The van der Waals surface area contributed by atoms with Crippen molar-refractivity contribution in [2.75, 3.05) is 25.0 Å². The zero-order chi connectivity index (χ0) is 24.2. The number of nitrogens with zero attached hydrogens (tertiary/aromatic N) is 1. The molecule has 33 heavy (non-hydrogen) atoms. The lowest BCUT2D eigenvalue weighted by Gasteiger charge is -2.31. The maximum atomic E-state index is 13.9. The van der Waals surface area contributed by atoms with E-state index in [-0.39, 0.29) is 35.8 Å². The van der Waals surface area contributed by atoms with Gasteiger partial charge >= 0.3 is 6.18 Å². The van der Waals surface area contributed by atoms with Gasteiger partial charge in [0.1, 0.15) is 18.2 Å². The summed E-state index contributed by atoms with van der Waals surface area (Å²) in [4.78, 5) is 38.3. The number of hydrogen-bond acceptors (Lipinski definition) is 3. The SMILES string of the molecule is O=C(NCC(F)(F)F)c1cccc(NC(=O)C2CCN(C(=O)c3ccc(F)cc3F)CC2)c1. The zero-order valence-corrected chi connectivity index (χ0v) is 17.2. The Morgan fingerprint density at radius 3 is 2.33 bits per heavy atom. The van der Waals surface area contributed by atoms with Crippen molar-refractivity contribution in [3.8, 4) is 0 Å². The molecule has 1 saturated heterocycles. The highest BCUT2D eigenvalue weighted by atomic mass is 19.4. The molecule has 0 atom stereocenters. The van der Waals surface area contributed by atoms with E-state index < -0.39 is 42.1 Å². The van der Waals surface area contributed by atoms with Crippen LogP contribution in [0.3, 0.4) is 0 Å². The summed E-state index contributed by atoms with van der Waals surface area (Å²) in [6.07, 6.45) is -3.95. The van der Waals surface area contributed by atoms with Crippen LogP contribution in [0.4, 0.5) is 27.6 Å². The molecule has 176 valence electrons. The number of hydrogen-bond donors (Lipinski definition) is 2. The van der Waals surface area contributed by atoms with Crippen LogP contribution in [0.25, 0.3) is 0 Å². The highest BCUT2D eigenvalue weighted by Gasteiger charge is 2.30. The highest BCUT2D eigenvalue weighted by molar-refractivity contribution is 5.98. The molecule has 6 nitrogen and oxygen atoms in total. The van der Waals surface area contributed by atoms with Crippen LogP contribution < -0.4 is 10.6 Å². The Hall–Kier alpha value is -3.50. The summed E-state index contributed by atoms with van der Waals surface area (Å²) < 4.78 is 63.7. The summed E-state index contributed by atoms with van der Waals surface area (Å²) in [5, 5.41) is 4.38. The minimum absolute atomic E-state index is 0.0428. The van der Waals surface area contributed by atoms with Crippen LogP contribution in [-0.4, -0.2) is 48.4 Å². The molecule has 2 aromatic carbocycles. The summed E-state index contributed by atoms with van der Waals surface area (Å²) in [6, 6.07) is 8.20. The number of carbonyl (C=O) groups excluding carboxylic acids is 3. The molecule has 1 fully saturated rings. The van der Waals surface area contributed by atoms with E-state index >= 15 is 0 Å². The molecule has 0 spiro atoms. The smallest absolute Gasteiger partial charge is 0.343 e. The number of halogens is 5. The summed E-state index contributed by atoms with van der Waals surface area (Å²) in [5.41, 5.74) is -0.0507. The van der Waals surface area contributed by atoms with Crippen LogP contribution >= 0.6 is 0 Å². The maximum Gasteiger partial charge on any atom is 0.405 e. The van der Waals surface area contributed by atoms with Crippen molar-refractivity contribution in [3.05, 3.63) is 65.2 Å². The summed E-state index contributed by atoms with van der Waals surface area (Å²) in [6.45, 7) is -1.09. The van der Waals surface area contributed by atoms with E-state index in [1.807, 2.05) is 0 Å². The van der Waals surface area contributed by atoms with E-state index in [1.165, 1.54) is 29.2 Å². The molecule has 1 aliphatic heterocycles. The van der Waals surface area contributed by atoms with Crippen molar-refractivity contribution in [1.29, 1.82) is 0 Å². The number of nitrogens with one attached hydrogen (secondary N) is 2. The lowest BCUT2D eigenvalue weighted by molar-refractivity contribution is -0.123. The van der Waals surface area contributed by atoms with Crippen LogP contribution in [0, 0.1) is 17.6 Å². The Morgan fingerprint density at radius 1 is 1.00 bits per heavy atom. The van der Waals surface area contributed by atoms with Crippen LogP contribution in [0.1, 0.15) is 33.6 Å². The second-order valence-corrected chi connectivity index (χ2v) is 7.56. The first-order valence-corrected chi connectivity index (χ1v) is 10.0. The van der Waals surface area contributed by atoms with E-state index in [2.05, 4.69) is 5.32 Å². The predicted octanol–water partition coefficient (Wildman–Crippen LogP) is 3.75. The first-order chi connectivity index (χ1) is 15.5. The Morgan fingerprint density at radius 2 is 1.70 bits per heavy atom. The van der Waals surface area contributed by atoms with Gasteiger partial charge in [0.15, 0.2) is 0 Å². The number of rotatable bonds is 5. The second kappa shape index (κ2) is 9.97. The van der Waals surface area contributed by atoms with Gasteiger partial charge in [0.2, 0.25) is 5.91 Å². The van der Waals surface area contributed by atoms with Gasteiger partial charge in [0.05, 0.1) is 5.56 Å². The molecule has 11 heteroatoms. The fraction of sp³-hybridized carbons (Fsp3) is 0.318. The molecule has 2 N–H and O–H groups in total. The van der Waals surface area contributed by atoms with E-state index in [4.69, 9.17) is 0 Å².